The number of hydrogen-bond donors (Lipinski definition) is 2. The van der Waals surface area contributed by atoms with Gasteiger partial charge in [0.1, 0.15) is 11.6 Å². The molecular weight excluding hydrogens is 421 g/mol. The summed E-state index contributed by atoms with van der Waals surface area (Å²) in [6.07, 6.45) is 5.36. The van der Waals surface area contributed by atoms with E-state index in [2.05, 4.69) is 20.6 Å². The van der Waals surface area contributed by atoms with Crippen molar-refractivity contribution in [3.8, 4) is 11.6 Å². The average molecular weight is 438 g/mol. The highest BCUT2D eigenvalue weighted by Gasteiger charge is 2.13. The number of aromatic nitrogens is 3. The number of amides is 1. The van der Waals surface area contributed by atoms with Gasteiger partial charge in [0.25, 0.3) is 5.91 Å². The Hall–Kier alpha value is -3.91. The Morgan fingerprint density at radius 1 is 1.13 bits per heavy atom. The molecule has 2 aromatic heterocycles. The van der Waals surface area contributed by atoms with Gasteiger partial charge in [-0.1, -0.05) is 17.7 Å². The van der Waals surface area contributed by atoms with Gasteiger partial charge in [0.05, 0.1) is 16.3 Å². The minimum atomic E-state index is -0.460. The van der Waals surface area contributed by atoms with Gasteiger partial charge in [-0.2, -0.15) is 4.98 Å². The first kappa shape index (κ1) is 20.4. The molecule has 0 unspecified atom stereocenters. The molecule has 0 radical (unpaired) electrons. The number of anilines is 3. The molecule has 2 heterocycles. The Labute approximate surface area is 182 Å². The molecule has 2 aromatic carbocycles. The SMILES string of the molecule is Cn1ccc(Nc2nccc(Oc3ccc(C(=O)Nc4cccc(F)c4)c(Cl)c3)n2)c1. The van der Waals surface area contributed by atoms with E-state index in [1.54, 1.807) is 24.4 Å². The van der Waals surface area contributed by atoms with Gasteiger partial charge in [0, 0.05) is 43.5 Å². The molecule has 0 fully saturated rings. The monoisotopic (exact) mass is 437 g/mol. The molecule has 0 spiro atoms. The number of hydrogen-bond acceptors (Lipinski definition) is 5. The quantitative estimate of drug-likeness (QED) is 0.422. The molecule has 9 heteroatoms. The van der Waals surface area contributed by atoms with Crippen molar-refractivity contribution >= 4 is 34.8 Å². The normalized spacial score (nSPS) is 10.5. The fourth-order valence-corrected chi connectivity index (χ4v) is 3.05. The fraction of sp³-hybridized carbons (Fsp3) is 0.0455. The van der Waals surface area contributed by atoms with E-state index in [1.165, 1.54) is 30.3 Å². The Kier molecular flexibility index (Phi) is 5.81. The summed E-state index contributed by atoms with van der Waals surface area (Å²) >= 11 is 6.27. The van der Waals surface area contributed by atoms with E-state index in [4.69, 9.17) is 16.3 Å². The van der Waals surface area contributed by atoms with Crippen LogP contribution in [0.2, 0.25) is 5.02 Å². The average Bonchev–Trinajstić information content (AvgIpc) is 3.13. The van der Waals surface area contributed by atoms with Gasteiger partial charge in [0.2, 0.25) is 11.8 Å². The maximum Gasteiger partial charge on any atom is 0.257 e. The molecule has 1 amide bonds. The predicted octanol–water partition coefficient (Wildman–Crippen LogP) is 5.40. The van der Waals surface area contributed by atoms with Crippen LogP contribution in [-0.4, -0.2) is 20.4 Å². The highest BCUT2D eigenvalue weighted by atomic mass is 35.5. The van der Waals surface area contributed by atoms with Crippen LogP contribution in [-0.2, 0) is 7.05 Å². The van der Waals surface area contributed by atoms with Crippen LogP contribution >= 0.6 is 11.6 Å². The summed E-state index contributed by atoms with van der Waals surface area (Å²) in [6, 6.07) is 13.7. The zero-order valence-corrected chi connectivity index (χ0v) is 17.1. The molecule has 0 saturated heterocycles. The lowest BCUT2D eigenvalue weighted by Crippen LogP contribution is -2.12. The van der Waals surface area contributed by atoms with Crippen molar-refractivity contribution < 1.29 is 13.9 Å². The van der Waals surface area contributed by atoms with Crippen LogP contribution in [0.5, 0.6) is 11.6 Å². The first-order chi connectivity index (χ1) is 15.0. The number of ether oxygens (including phenoxy) is 1. The molecule has 2 N–H and O–H groups in total. The highest BCUT2D eigenvalue weighted by molar-refractivity contribution is 6.34. The van der Waals surface area contributed by atoms with Gasteiger partial charge in [0.15, 0.2) is 0 Å². The molecule has 0 aliphatic rings. The number of carbonyl (C=O) groups is 1. The predicted molar refractivity (Wildman–Crippen MR) is 117 cm³/mol. The second-order valence-electron chi connectivity index (χ2n) is 6.62. The zero-order valence-electron chi connectivity index (χ0n) is 16.3. The molecule has 0 bridgehead atoms. The first-order valence-corrected chi connectivity index (χ1v) is 9.60. The van der Waals surface area contributed by atoms with Crippen LogP contribution in [0.3, 0.4) is 0 Å². The van der Waals surface area contributed by atoms with Gasteiger partial charge in [-0.3, -0.25) is 4.79 Å². The first-order valence-electron chi connectivity index (χ1n) is 9.23. The fourth-order valence-electron chi connectivity index (χ4n) is 2.79. The lowest BCUT2D eigenvalue weighted by Gasteiger charge is -2.10. The summed E-state index contributed by atoms with van der Waals surface area (Å²) in [5.41, 5.74) is 1.41. The van der Waals surface area contributed by atoms with E-state index < -0.39 is 11.7 Å². The lowest BCUT2D eigenvalue weighted by molar-refractivity contribution is 0.102. The number of benzene rings is 2. The van der Waals surface area contributed by atoms with Crippen molar-refractivity contribution in [2.75, 3.05) is 10.6 Å². The van der Waals surface area contributed by atoms with Crippen molar-refractivity contribution in [2.45, 2.75) is 0 Å². The summed E-state index contributed by atoms with van der Waals surface area (Å²) in [5, 5.41) is 5.87. The minimum absolute atomic E-state index is 0.183. The minimum Gasteiger partial charge on any atom is -0.439 e. The third kappa shape index (κ3) is 5.18. The molecule has 0 atom stereocenters. The Bertz CT molecular complexity index is 1240. The van der Waals surface area contributed by atoms with E-state index in [1.807, 2.05) is 30.1 Å². The van der Waals surface area contributed by atoms with Crippen LogP contribution in [0.15, 0.2) is 73.2 Å². The summed E-state index contributed by atoms with van der Waals surface area (Å²) in [7, 11) is 1.91. The van der Waals surface area contributed by atoms with Gasteiger partial charge < -0.3 is 19.9 Å². The summed E-state index contributed by atoms with van der Waals surface area (Å²) < 4.78 is 20.9. The highest BCUT2D eigenvalue weighted by Crippen LogP contribution is 2.27. The number of halogens is 2. The van der Waals surface area contributed by atoms with Crippen LogP contribution in [0.25, 0.3) is 0 Å². The molecular formula is C22H17ClFN5O2. The summed E-state index contributed by atoms with van der Waals surface area (Å²) in [4.78, 5) is 20.9. The molecule has 156 valence electrons. The van der Waals surface area contributed by atoms with Crippen molar-refractivity contribution in [3.05, 3.63) is 89.6 Å². The molecule has 31 heavy (non-hydrogen) atoms. The molecule has 4 aromatic rings. The summed E-state index contributed by atoms with van der Waals surface area (Å²) in [5.74, 6) is 0.177. The second kappa shape index (κ2) is 8.85. The van der Waals surface area contributed by atoms with E-state index in [0.717, 1.165) is 5.69 Å². The Balaban J connectivity index is 1.45. The van der Waals surface area contributed by atoms with Gasteiger partial charge in [-0.25, -0.2) is 9.37 Å². The van der Waals surface area contributed by atoms with Crippen LogP contribution in [0.1, 0.15) is 10.4 Å². The maximum atomic E-state index is 13.3. The van der Waals surface area contributed by atoms with Crippen molar-refractivity contribution in [1.29, 1.82) is 0 Å². The number of nitrogens with zero attached hydrogens (tertiary/aromatic N) is 3. The number of nitrogens with one attached hydrogen (secondary N) is 2. The van der Waals surface area contributed by atoms with Crippen LogP contribution in [0, 0.1) is 5.82 Å². The largest absolute Gasteiger partial charge is 0.439 e. The van der Waals surface area contributed by atoms with Crippen LogP contribution in [0.4, 0.5) is 21.7 Å². The third-order valence-electron chi connectivity index (χ3n) is 4.21. The van der Waals surface area contributed by atoms with Crippen molar-refractivity contribution in [3.63, 3.8) is 0 Å². The van der Waals surface area contributed by atoms with E-state index in [-0.39, 0.29) is 10.6 Å². The Morgan fingerprint density at radius 2 is 2.00 bits per heavy atom. The van der Waals surface area contributed by atoms with Gasteiger partial charge >= 0.3 is 0 Å². The number of rotatable bonds is 6. The Morgan fingerprint density at radius 3 is 2.74 bits per heavy atom. The number of aryl methyl sites for hydroxylation is 1. The molecule has 0 aliphatic carbocycles. The molecule has 0 saturated carbocycles. The van der Waals surface area contributed by atoms with E-state index in [9.17, 15) is 9.18 Å². The standard InChI is InChI=1S/C22H17ClFN5O2/c1-29-10-8-16(13-29)27-22-25-9-7-20(28-22)31-17-5-6-18(19(23)12-17)21(30)26-15-4-2-3-14(24)11-15/h2-13H,1H3,(H,26,30)(H,25,27,28). The molecule has 4 rings (SSSR count). The van der Waals surface area contributed by atoms with Gasteiger partial charge in [-0.15, -0.1) is 0 Å². The van der Waals surface area contributed by atoms with Gasteiger partial charge in [-0.05, 0) is 36.4 Å². The molecule has 7 nitrogen and oxygen atoms in total. The maximum absolute atomic E-state index is 13.3. The van der Waals surface area contributed by atoms with E-state index >= 15 is 0 Å². The molecule has 0 aliphatic heterocycles. The lowest BCUT2D eigenvalue weighted by atomic mass is 10.2. The van der Waals surface area contributed by atoms with E-state index in [0.29, 0.717) is 23.3 Å². The number of carbonyl (C=O) groups excluding carboxylic acids is 1. The summed E-state index contributed by atoms with van der Waals surface area (Å²) in [6.45, 7) is 0. The zero-order chi connectivity index (χ0) is 21.8. The van der Waals surface area contributed by atoms with Crippen molar-refractivity contribution in [1.82, 2.24) is 14.5 Å². The smallest absolute Gasteiger partial charge is 0.257 e. The topological polar surface area (TPSA) is 81.1 Å². The van der Waals surface area contributed by atoms with Crippen molar-refractivity contribution in [2.24, 2.45) is 7.05 Å². The third-order valence-corrected chi connectivity index (χ3v) is 4.52. The second-order valence-corrected chi connectivity index (χ2v) is 7.02. The van der Waals surface area contributed by atoms with Crippen LogP contribution < -0.4 is 15.4 Å².